The first kappa shape index (κ1) is 20.9. The van der Waals surface area contributed by atoms with Gasteiger partial charge in [-0.25, -0.2) is 0 Å². The Balaban J connectivity index is 0.00000112. The zero-order valence-corrected chi connectivity index (χ0v) is 15.4. The number of hydrogen-bond acceptors (Lipinski definition) is 1. The summed E-state index contributed by atoms with van der Waals surface area (Å²) in [4.78, 5) is 11.0. The van der Waals surface area contributed by atoms with E-state index in [-0.39, 0.29) is 5.91 Å². The fraction of sp³-hybridized carbons (Fsp3) is 0.381. The highest BCUT2D eigenvalue weighted by atomic mass is 16.1. The number of hydrogen-bond donors (Lipinski definition) is 1. The molecule has 0 atom stereocenters. The van der Waals surface area contributed by atoms with Gasteiger partial charge in [-0.3, -0.25) is 4.79 Å². The minimum Gasteiger partial charge on any atom is -0.369 e. The highest BCUT2D eigenvalue weighted by Gasteiger charge is 2.08. The number of benzene rings is 2. The molecule has 0 saturated heterocycles. The van der Waals surface area contributed by atoms with E-state index >= 15 is 0 Å². The van der Waals surface area contributed by atoms with Crippen LogP contribution in [0.15, 0.2) is 42.5 Å². The fourth-order valence-electron chi connectivity index (χ4n) is 2.32. The number of carbonyl (C=O) groups excluding carboxylic acids is 1. The SMILES string of the molecule is CC.CC.Cc1c(CC(N)=O)ccc(Cc2ccccc2)c1C. The Morgan fingerprint density at radius 1 is 0.826 bits per heavy atom. The smallest absolute Gasteiger partial charge is 0.221 e. The average Bonchev–Trinajstić information content (AvgIpc) is 2.59. The number of amides is 1. The van der Waals surface area contributed by atoms with Crippen LogP contribution in [0.1, 0.15) is 55.5 Å². The van der Waals surface area contributed by atoms with Crippen molar-refractivity contribution in [1.29, 1.82) is 0 Å². The summed E-state index contributed by atoms with van der Waals surface area (Å²) >= 11 is 0. The molecule has 2 nitrogen and oxygen atoms in total. The Kier molecular flexibility index (Phi) is 10.4. The first-order valence-electron chi connectivity index (χ1n) is 8.48. The van der Waals surface area contributed by atoms with Gasteiger partial charge in [-0.15, -0.1) is 0 Å². The lowest BCUT2D eigenvalue weighted by molar-refractivity contribution is -0.117. The van der Waals surface area contributed by atoms with E-state index < -0.39 is 0 Å². The van der Waals surface area contributed by atoms with E-state index in [1.54, 1.807) is 0 Å². The highest BCUT2D eigenvalue weighted by Crippen LogP contribution is 2.21. The van der Waals surface area contributed by atoms with Crippen LogP contribution in [0.3, 0.4) is 0 Å². The molecule has 0 fully saturated rings. The van der Waals surface area contributed by atoms with Gasteiger partial charge in [0, 0.05) is 0 Å². The number of nitrogens with two attached hydrogens (primary N) is 1. The molecule has 2 aromatic rings. The maximum absolute atomic E-state index is 11.0. The van der Waals surface area contributed by atoms with Gasteiger partial charge in [0.25, 0.3) is 0 Å². The van der Waals surface area contributed by atoms with E-state index in [4.69, 9.17) is 5.73 Å². The van der Waals surface area contributed by atoms with Gasteiger partial charge < -0.3 is 5.73 Å². The van der Waals surface area contributed by atoms with E-state index in [9.17, 15) is 4.79 Å². The summed E-state index contributed by atoms with van der Waals surface area (Å²) < 4.78 is 0. The van der Waals surface area contributed by atoms with E-state index in [0.29, 0.717) is 6.42 Å². The average molecular weight is 313 g/mol. The molecular weight excluding hydrogens is 282 g/mol. The number of rotatable bonds is 4. The lowest BCUT2D eigenvalue weighted by Gasteiger charge is -2.13. The van der Waals surface area contributed by atoms with Crippen LogP contribution in [0.4, 0.5) is 0 Å². The van der Waals surface area contributed by atoms with Crippen LogP contribution < -0.4 is 5.73 Å². The molecule has 2 aromatic carbocycles. The lowest BCUT2D eigenvalue weighted by atomic mass is 9.93. The summed E-state index contributed by atoms with van der Waals surface area (Å²) in [6.45, 7) is 12.2. The highest BCUT2D eigenvalue weighted by molar-refractivity contribution is 5.77. The maximum atomic E-state index is 11.0. The van der Waals surface area contributed by atoms with Crippen LogP contribution in [0.5, 0.6) is 0 Å². The van der Waals surface area contributed by atoms with Crippen molar-refractivity contribution in [1.82, 2.24) is 0 Å². The second-order valence-corrected chi connectivity index (χ2v) is 4.94. The van der Waals surface area contributed by atoms with E-state index in [2.05, 4.69) is 44.2 Å². The minimum absolute atomic E-state index is 0.279. The summed E-state index contributed by atoms with van der Waals surface area (Å²) in [6, 6.07) is 14.5. The topological polar surface area (TPSA) is 43.1 Å². The molecule has 0 aliphatic rings. The Morgan fingerprint density at radius 3 is 1.83 bits per heavy atom. The third-order valence-corrected chi connectivity index (χ3v) is 3.61. The Bertz CT molecular complexity index is 588. The molecule has 0 saturated carbocycles. The van der Waals surface area contributed by atoms with Gasteiger partial charge in [-0.2, -0.15) is 0 Å². The predicted molar refractivity (Wildman–Crippen MR) is 101 cm³/mol. The lowest BCUT2D eigenvalue weighted by Crippen LogP contribution is -2.15. The van der Waals surface area contributed by atoms with Crippen molar-refractivity contribution in [2.45, 2.75) is 54.4 Å². The van der Waals surface area contributed by atoms with Crippen LogP contribution in [-0.4, -0.2) is 5.91 Å². The molecule has 2 heteroatoms. The minimum atomic E-state index is -0.279. The predicted octanol–water partition coefficient (Wildman–Crippen LogP) is 4.97. The van der Waals surface area contributed by atoms with Crippen molar-refractivity contribution in [3.05, 3.63) is 70.3 Å². The van der Waals surface area contributed by atoms with Gasteiger partial charge in [0.2, 0.25) is 5.91 Å². The molecule has 126 valence electrons. The zero-order valence-electron chi connectivity index (χ0n) is 15.4. The summed E-state index contributed by atoms with van der Waals surface area (Å²) in [5.41, 5.74) is 11.3. The van der Waals surface area contributed by atoms with Gasteiger partial charge in [0.05, 0.1) is 6.42 Å². The van der Waals surface area contributed by atoms with Crippen molar-refractivity contribution in [2.75, 3.05) is 0 Å². The number of carbonyl (C=O) groups is 1. The first-order chi connectivity index (χ1) is 11.1. The third-order valence-electron chi connectivity index (χ3n) is 3.61. The standard InChI is InChI=1S/C17H19NO.2C2H6/c1-12-13(2)16(11-17(18)19)9-8-15(12)10-14-6-4-3-5-7-14;2*1-2/h3-9H,10-11H2,1-2H3,(H2,18,19);2*1-2H3. The zero-order chi connectivity index (χ0) is 17.8. The van der Waals surface area contributed by atoms with Crippen LogP contribution in [0.25, 0.3) is 0 Å². The van der Waals surface area contributed by atoms with E-state index in [1.807, 2.05) is 39.8 Å². The Hall–Kier alpha value is -2.09. The van der Waals surface area contributed by atoms with Crippen LogP contribution in [0, 0.1) is 13.8 Å². The molecule has 0 unspecified atom stereocenters. The van der Waals surface area contributed by atoms with Crippen molar-refractivity contribution in [3.8, 4) is 0 Å². The van der Waals surface area contributed by atoms with Crippen LogP contribution in [-0.2, 0) is 17.6 Å². The molecule has 2 N–H and O–H groups in total. The largest absolute Gasteiger partial charge is 0.369 e. The molecule has 0 bridgehead atoms. The van der Waals surface area contributed by atoms with Crippen LogP contribution >= 0.6 is 0 Å². The molecule has 2 rings (SSSR count). The summed E-state index contributed by atoms with van der Waals surface area (Å²) in [6.07, 6.45) is 1.24. The van der Waals surface area contributed by atoms with Gasteiger partial charge >= 0.3 is 0 Å². The molecule has 0 heterocycles. The molecule has 0 radical (unpaired) electrons. The van der Waals surface area contributed by atoms with Crippen molar-refractivity contribution >= 4 is 5.91 Å². The molecular formula is C21H31NO. The normalized spacial score (nSPS) is 9.13. The second-order valence-electron chi connectivity index (χ2n) is 4.94. The molecule has 0 spiro atoms. The molecule has 0 aliphatic heterocycles. The van der Waals surface area contributed by atoms with Gasteiger partial charge in [-0.05, 0) is 48.1 Å². The van der Waals surface area contributed by atoms with Gasteiger partial charge in [-0.1, -0.05) is 70.2 Å². The maximum Gasteiger partial charge on any atom is 0.221 e. The molecule has 0 aromatic heterocycles. The Morgan fingerprint density at radius 2 is 1.30 bits per heavy atom. The quantitative estimate of drug-likeness (QED) is 0.850. The third kappa shape index (κ3) is 6.68. The first-order valence-corrected chi connectivity index (χ1v) is 8.48. The van der Waals surface area contributed by atoms with Gasteiger partial charge in [0.15, 0.2) is 0 Å². The van der Waals surface area contributed by atoms with Crippen LogP contribution in [0.2, 0.25) is 0 Å². The number of primary amides is 1. The van der Waals surface area contributed by atoms with E-state index in [0.717, 1.165) is 12.0 Å². The summed E-state index contributed by atoms with van der Waals surface area (Å²) in [7, 11) is 0. The monoisotopic (exact) mass is 313 g/mol. The van der Waals surface area contributed by atoms with Crippen molar-refractivity contribution in [3.63, 3.8) is 0 Å². The van der Waals surface area contributed by atoms with E-state index in [1.165, 1.54) is 22.3 Å². The second kappa shape index (κ2) is 11.5. The molecule has 0 aliphatic carbocycles. The van der Waals surface area contributed by atoms with Crippen molar-refractivity contribution < 1.29 is 4.79 Å². The summed E-state index contributed by atoms with van der Waals surface area (Å²) in [5.74, 6) is -0.279. The summed E-state index contributed by atoms with van der Waals surface area (Å²) in [5, 5.41) is 0. The van der Waals surface area contributed by atoms with Crippen molar-refractivity contribution in [2.24, 2.45) is 5.73 Å². The Labute approximate surface area is 141 Å². The van der Waals surface area contributed by atoms with Gasteiger partial charge in [0.1, 0.15) is 0 Å². The molecule has 23 heavy (non-hydrogen) atoms. The molecule has 1 amide bonds. The fourth-order valence-corrected chi connectivity index (χ4v) is 2.32.